The van der Waals surface area contributed by atoms with Crippen LogP contribution in [0.3, 0.4) is 0 Å². The number of thiazole rings is 1. The largest absolute Gasteiger partial charge is 0.463 e. The molecule has 0 unspecified atom stereocenters. The molecule has 8 heteroatoms. The molecule has 0 saturated carbocycles. The number of pyridine rings is 1. The highest BCUT2D eigenvalue weighted by Gasteiger charge is 2.11. The number of halogens is 2. The molecule has 5 nitrogen and oxygen atoms in total. The van der Waals surface area contributed by atoms with E-state index in [0.29, 0.717) is 20.6 Å². The lowest BCUT2D eigenvalue weighted by molar-refractivity contribution is 0.556. The zero-order valence-electron chi connectivity index (χ0n) is 14.7. The van der Waals surface area contributed by atoms with Gasteiger partial charge in [0.1, 0.15) is 11.5 Å². The summed E-state index contributed by atoms with van der Waals surface area (Å²) in [6.45, 7) is 1.88. The number of hydrogen-bond donors (Lipinski definition) is 0. The van der Waals surface area contributed by atoms with E-state index in [2.05, 4.69) is 9.98 Å². The molecule has 1 aromatic carbocycles. The van der Waals surface area contributed by atoms with Crippen LogP contribution in [0, 0.1) is 0 Å². The lowest BCUT2D eigenvalue weighted by atomic mass is 10.2. The van der Waals surface area contributed by atoms with Crippen LogP contribution in [0.15, 0.2) is 81.0 Å². The Morgan fingerprint density at radius 2 is 2.04 bits per heavy atom. The van der Waals surface area contributed by atoms with E-state index in [1.165, 1.54) is 11.3 Å². The first-order valence-electron chi connectivity index (χ1n) is 8.32. The maximum absolute atomic E-state index is 6.22. The Morgan fingerprint density at radius 3 is 2.75 bits per heavy atom. The molecule has 0 N–H and O–H groups in total. The van der Waals surface area contributed by atoms with Gasteiger partial charge in [-0.3, -0.25) is 4.98 Å². The van der Waals surface area contributed by atoms with Crippen LogP contribution < -0.4 is 4.80 Å². The molecule has 0 radical (unpaired) electrons. The highest BCUT2D eigenvalue weighted by atomic mass is 35.5. The number of hydrogen-bond acceptors (Lipinski definition) is 5. The van der Waals surface area contributed by atoms with E-state index in [0.717, 1.165) is 22.7 Å². The first-order chi connectivity index (χ1) is 13.6. The van der Waals surface area contributed by atoms with Crippen LogP contribution in [-0.4, -0.2) is 15.4 Å². The molecule has 0 aliphatic rings. The summed E-state index contributed by atoms with van der Waals surface area (Å²) in [5.74, 6) is 0.686. The monoisotopic (exact) mass is 428 g/mol. The summed E-state index contributed by atoms with van der Waals surface area (Å²) in [5, 5.41) is 7.71. The molecule has 0 fully saturated rings. The van der Waals surface area contributed by atoms with Gasteiger partial charge in [0.2, 0.25) is 4.80 Å². The average molecular weight is 429 g/mol. The van der Waals surface area contributed by atoms with Gasteiger partial charge in [-0.15, -0.1) is 11.3 Å². The van der Waals surface area contributed by atoms with E-state index < -0.39 is 0 Å². The zero-order valence-corrected chi connectivity index (χ0v) is 17.0. The Bertz CT molecular complexity index is 1190. The van der Waals surface area contributed by atoms with Crippen molar-refractivity contribution in [2.24, 2.45) is 10.1 Å². The maximum Gasteiger partial charge on any atom is 0.211 e. The number of rotatable bonds is 4. The van der Waals surface area contributed by atoms with Crippen LogP contribution in [-0.2, 0) is 0 Å². The molecule has 0 bridgehead atoms. The third-order valence-electron chi connectivity index (χ3n) is 3.90. The van der Waals surface area contributed by atoms with E-state index in [9.17, 15) is 0 Å². The van der Waals surface area contributed by atoms with Crippen molar-refractivity contribution in [3.63, 3.8) is 0 Å². The van der Waals surface area contributed by atoms with E-state index in [1.54, 1.807) is 29.4 Å². The molecular formula is C20H14Cl2N4OS. The molecule has 0 spiro atoms. The Morgan fingerprint density at radius 1 is 1.14 bits per heavy atom. The van der Waals surface area contributed by atoms with Crippen LogP contribution in [0.4, 0.5) is 5.69 Å². The second-order valence-electron chi connectivity index (χ2n) is 5.83. The summed E-state index contributed by atoms with van der Waals surface area (Å²) in [6.07, 6.45) is 5.03. The first kappa shape index (κ1) is 18.7. The van der Waals surface area contributed by atoms with Gasteiger partial charge in [-0.2, -0.15) is 5.10 Å². The van der Waals surface area contributed by atoms with Gasteiger partial charge in [0.25, 0.3) is 0 Å². The van der Waals surface area contributed by atoms with Crippen LogP contribution in [0.1, 0.15) is 12.7 Å². The van der Waals surface area contributed by atoms with E-state index in [1.807, 2.05) is 48.7 Å². The SMILES string of the molecule is CC(=Nn1c(-c2ccc(Cl)c(Cl)c2)csc1=Nc1cccnc1)c1ccco1. The second-order valence-corrected chi connectivity index (χ2v) is 7.48. The van der Waals surface area contributed by atoms with Crippen LogP contribution >= 0.6 is 34.5 Å². The smallest absolute Gasteiger partial charge is 0.211 e. The van der Waals surface area contributed by atoms with Crippen LogP contribution in [0.5, 0.6) is 0 Å². The van der Waals surface area contributed by atoms with Crippen molar-refractivity contribution in [2.45, 2.75) is 6.92 Å². The molecule has 4 rings (SSSR count). The van der Waals surface area contributed by atoms with Crippen LogP contribution in [0.2, 0.25) is 10.0 Å². The maximum atomic E-state index is 6.22. The number of furan rings is 1. The Balaban J connectivity index is 1.91. The Hall–Kier alpha value is -2.67. The van der Waals surface area contributed by atoms with Crippen molar-refractivity contribution < 1.29 is 4.42 Å². The molecule has 28 heavy (non-hydrogen) atoms. The van der Waals surface area contributed by atoms with Gasteiger partial charge < -0.3 is 4.42 Å². The van der Waals surface area contributed by atoms with E-state index in [-0.39, 0.29) is 0 Å². The minimum Gasteiger partial charge on any atom is -0.463 e. The van der Waals surface area contributed by atoms with Crippen molar-refractivity contribution in [3.8, 4) is 11.3 Å². The molecule has 4 aromatic rings. The summed E-state index contributed by atoms with van der Waals surface area (Å²) >= 11 is 13.8. The average Bonchev–Trinajstić information content (AvgIpc) is 3.36. The van der Waals surface area contributed by atoms with Gasteiger partial charge in [0, 0.05) is 17.1 Å². The minimum atomic E-state index is 0.481. The zero-order chi connectivity index (χ0) is 19.5. The molecule has 3 aromatic heterocycles. The summed E-state index contributed by atoms with van der Waals surface area (Å²) in [7, 11) is 0. The van der Waals surface area contributed by atoms with Gasteiger partial charge in [0.05, 0.1) is 33.9 Å². The summed E-state index contributed by atoms with van der Waals surface area (Å²) in [6, 6.07) is 12.9. The van der Waals surface area contributed by atoms with Crippen molar-refractivity contribution in [3.05, 3.63) is 87.1 Å². The fourth-order valence-electron chi connectivity index (χ4n) is 2.54. The fourth-order valence-corrected chi connectivity index (χ4v) is 3.69. The molecular weight excluding hydrogens is 415 g/mol. The molecule has 0 atom stereocenters. The minimum absolute atomic E-state index is 0.481. The van der Waals surface area contributed by atoms with Gasteiger partial charge in [-0.05, 0) is 43.3 Å². The van der Waals surface area contributed by atoms with Crippen molar-refractivity contribution >= 4 is 45.9 Å². The van der Waals surface area contributed by atoms with Gasteiger partial charge in [0.15, 0.2) is 0 Å². The molecule has 0 aliphatic carbocycles. The predicted octanol–water partition coefficient (Wildman–Crippen LogP) is 6.02. The van der Waals surface area contributed by atoms with Crippen LogP contribution in [0.25, 0.3) is 11.3 Å². The lowest BCUT2D eigenvalue weighted by Gasteiger charge is -2.06. The predicted molar refractivity (Wildman–Crippen MR) is 114 cm³/mol. The molecule has 0 amide bonds. The van der Waals surface area contributed by atoms with Gasteiger partial charge >= 0.3 is 0 Å². The van der Waals surface area contributed by atoms with Crippen molar-refractivity contribution in [2.75, 3.05) is 0 Å². The van der Waals surface area contributed by atoms with Crippen molar-refractivity contribution in [1.29, 1.82) is 0 Å². The topological polar surface area (TPSA) is 55.7 Å². The lowest BCUT2D eigenvalue weighted by Crippen LogP contribution is -2.13. The summed E-state index contributed by atoms with van der Waals surface area (Å²) in [4.78, 5) is 9.50. The second kappa shape index (κ2) is 8.14. The highest BCUT2D eigenvalue weighted by Crippen LogP contribution is 2.29. The first-order valence-corrected chi connectivity index (χ1v) is 9.95. The number of aromatic nitrogens is 2. The van der Waals surface area contributed by atoms with E-state index >= 15 is 0 Å². The quantitative estimate of drug-likeness (QED) is 0.373. The molecule has 0 saturated heterocycles. The molecule has 3 heterocycles. The van der Waals surface area contributed by atoms with Crippen molar-refractivity contribution in [1.82, 2.24) is 9.66 Å². The third-order valence-corrected chi connectivity index (χ3v) is 5.45. The summed E-state index contributed by atoms with van der Waals surface area (Å²) in [5.41, 5.74) is 3.19. The highest BCUT2D eigenvalue weighted by molar-refractivity contribution is 7.07. The van der Waals surface area contributed by atoms with E-state index in [4.69, 9.17) is 32.7 Å². The number of benzene rings is 1. The Kier molecular flexibility index (Phi) is 5.43. The molecule has 140 valence electrons. The standard InChI is InChI=1S/C20H14Cl2N4OS/c1-13(19-5-3-9-27-19)25-26-18(14-6-7-16(21)17(22)10-14)12-28-20(26)24-15-4-2-8-23-11-15/h2-12H,1H3. The Labute approximate surface area is 175 Å². The normalized spacial score (nSPS) is 12.5. The summed E-state index contributed by atoms with van der Waals surface area (Å²) < 4.78 is 7.24. The number of nitrogens with zero attached hydrogens (tertiary/aromatic N) is 4. The third kappa shape index (κ3) is 3.94. The fraction of sp³-hybridized carbons (Fsp3) is 0.0500. The molecule has 0 aliphatic heterocycles. The van der Waals surface area contributed by atoms with Gasteiger partial charge in [-0.25, -0.2) is 9.67 Å². The van der Waals surface area contributed by atoms with Gasteiger partial charge in [-0.1, -0.05) is 29.3 Å².